The van der Waals surface area contributed by atoms with Crippen LogP contribution in [0.4, 0.5) is 5.13 Å². The number of hydrogen-bond acceptors (Lipinski definition) is 6. The molecule has 0 fully saturated rings. The Morgan fingerprint density at radius 2 is 2.38 bits per heavy atom. The maximum atomic E-state index is 11.9. The van der Waals surface area contributed by atoms with Crippen LogP contribution >= 0.6 is 11.3 Å². The maximum Gasteiger partial charge on any atom is 0.240 e. The second-order valence-electron chi connectivity index (χ2n) is 5.18. The minimum Gasteiger partial charge on any atom is -0.304 e. The highest BCUT2D eigenvalue weighted by molar-refractivity contribution is 7.15. The lowest BCUT2D eigenvalue weighted by atomic mass is 10.1. The maximum absolute atomic E-state index is 11.9. The summed E-state index contributed by atoms with van der Waals surface area (Å²) in [6.45, 7) is 4.99. The molecule has 1 amide bonds. The van der Waals surface area contributed by atoms with E-state index in [1.807, 2.05) is 18.5 Å². The van der Waals surface area contributed by atoms with Crippen LogP contribution in [0.5, 0.6) is 0 Å². The van der Waals surface area contributed by atoms with Gasteiger partial charge in [-0.1, -0.05) is 0 Å². The molecule has 2 aromatic rings. The number of amides is 1. The third-order valence-corrected chi connectivity index (χ3v) is 4.62. The zero-order valence-electron chi connectivity index (χ0n) is 12.1. The molecule has 3 rings (SSSR count). The van der Waals surface area contributed by atoms with E-state index in [0.29, 0.717) is 5.13 Å². The van der Waals surface area contributed by atoms with Crippen LogP contribution < -0.4 is 10.6 Å². The number of nitrogens with zero attached hydrogens (tertiary/aromatic N) is 4. The van der Waals surface area contributed by atoms with E-state index in [2.05, 4.69) is 25.7 Å². The second kappa shape index (κ2) is 5.90. The van der Waals surface area contributed by atoms with Crippen molar-refractivity contribution in [2.24, 2.45) is 0 Å². The van der Waals surface area contributed by atoms with Crippen molar-refractivity contribution in [3.8, 4) is 0 Å². The molecule has 0 radical (unpaired) electrons. The minimum absolute atomic E-state index is 0.0619. The smallest absolute Gasteiger partial charge is 0.240 e. The summed E-state index contributed by atoms with van der Waals surface area (Å²) in [4.78, 5) is 21.6. The van der Waals surface area contributed by atoms with Gasteiger partial charge in [0.25, 0.3) is 0 Å². The third kappa shape index (κ3) is 3.27. The van der Waals surface area contributed by atoms with Crippen molar-refractivity contribution >= 4 is 22.4 Å². The summed E-state index contributed by atoms with van der Waals surface area (Å²) in [7, 11) is 0. The van der Waals surface area contributed by atoms with E-state index in [1.54, 1.807) is 6.33 Å². The fraction of sp³-hybridized carbons (Fsp3) is 0.538. The monoisotopic (exact) mass is 306 g/mol. The molecule has 7 nitrogen and oxygen atoms in total. The first kappa shape index (κ1) is 14.2. The molecule has 1 atom stereocenters. The molecule has 112 valence electrons. The molecule has 0 spiro atoms. The summed E-state index contributed by atoms with van der Waals surface area (Å²) in [5.74, 6) is 0.958. The van der Waals surface area contributed by atoms with Crippen molar-refractivity contribution in [3.05, 3.63) is 22.7 Å². The van der Waals surface area contributed by atoms with E-state index >= 15 is 0 Å². The molecule has 0 aliphatic carbocycles. The predicted octanol–water partition coefficient (Wildman–Crippen LogP) is 0.895. The van der Waals surface area contributed by atoms with Crippen molar-refractivity contribution in [2.75, 3.05) is 11.9 Å². The lowest BCUT2D eigenvalue weighted by molar-refractivity contribution is -0.115. The van der Waals surface area contributed by atoms with Crippen LogP contribution in [0, 0.1) is 13.8 Å². The Balaban J connectivity index is 1.48. The molecule has 0 aromatic carbocycles. The van der Waals surface area contributed by atoms with E-state index in [0.717, 1.165) is 35.8 Å². The number of carbonyl (C=O) groups is 1. The molecule has 2 aromatic heterocycles. The van der Waals surface area contributed by atoms with Crippen LogP contribution in [0.15, 0.2) is 6.33 Å². The summed E-state index contributed by atoms with van der Waals surface area (Å²) in [5, 5.41) is 10.9. The highest BCUT2D eigenvalue weighted by Gasteiger charge is 2.20. The third-order valence-electron chi connectivity index (χ3n) is 3.63. The molecular weight excluding hydrogens is 288 g/mol. The molecule has 0 unspecified atom stereocenters. The molecule has 21 heavy (non-hydrogen) atoms. The zero-order chi connectivity index (χ0) is 14.8. The van der Waals surface area contributed by atoms with Gasteiger partial charge in [0.2, 0.25) is 5.91 Å². The Bertz CT molecular complexity index is 629. The SMILES string of the molecule is Cc1nc(NC(=O)CN[C@H]2CCc3ncnn3C2)sc1C. The van der Waals surface area contributed by atoms with Crippen LogP contribution in [0.2, 0.25) is 0 Å². The predicted molar refractivity (Wildman–Crippen MR) is 80.4 cm³/mol. The van der Waals surface area contributed by atoms with Gasteiger partial charge in [-0.15, -0.1) is 11.3 Å². The first-order valence-corrected chi connectivity index (χ1v) is 7.77. The van der Waals surface area contributed by atoms with Crippen molar-refractivity contribution in [3.63, 3.8) is 0 Å². The van der Waals surface area contributed by atoms with Crippen molar-refractivity contribution in [2.45, 2.75) is 39.3 Å². The van der Waals surface area contributed by atoms with Gasteiger partial charge in [-0.2, -0.15) is 5.10 Å². The van der Waals surface area contributed by atoms with Crippen LogP contribution in [-0.2, 0) is 17.8 Å². The van der Waals surface area contributed by atoms with E-state index in [9.17, 15) is 4.79 Å². The van der Waals surface area contributed by atoms with Gasteiger partial charge in [-0.3, -0.25) is 4.79 Å². The fourth-order valence-electron chi connectivity index (χ4n) is 2.33. The number of nitrogens with one attached hydrogen (secondary N) is 2. The first-order valence-electron chi connectivity index (χ1n) is 6.96. The van der Waals surface area contributed by atoms with Crippen LogP contribution in [0.1, 0.15) is 22.8 Å². The van der Waals surface area contributed by atoms with Gasteiger partial charge in [-0.05, 0) is 20.3 Å². The Morgan fingerprint density at radius 3 is 3.14 bits per heavy atom. The summed E-state index contributed by atoms with van der Waals surface area (Å²) < 4.78 is 1.90. The summed E-state index contributed by atoms with van der Waals surface area (Å²) in [6.07, 6.45) is 3.45. The number of fused-ring (bicyclic) bond motifs is 1. The van der Waals surface area contributed by atoms with Crippen molar-refractivity contribution in [1.82, 2.24) is 25.1 Å². The summed E-state index contributed by atoms with van der Waals surface area (Å²) in [6, 6.07) is 0.254. The zero-order valence-corrected chi connectivity index (χ0v) is 12.9. The average Bonchev–Trinajstić information content (AvgIpc) is 3.03. The number of thiazole rings is 1. The number of rotatable bonds is 4. The second-order valence-corrected chi connectivity index (χ2v) is 6.39. The molecule has 1 aliphatic rings. The summed E-state index contributed by atoms with van der Waals surface area (Å²) >= 11 is 1.50. The van der Waals surface area contributed by atoms with Crippen LogP contribution in [0.3, 0.4) is 0 Å². The Kier molecular flexibility index (Phi) is 3.98. The minimum atomic E-state index is -0.0619. The average molecular weight is 306 g/mol. The number of aromatic nitrogens is 4. The molecule has 2 N–H and O–H groups in total. The molecule has 8 heteroatoms. The first-order chi connectivity index (χ1) is 10.1. The van der Waals surface area contributed by atoms with Gasteiger partial charge < -0.3 is 10.6 Å². The Labute approximate surface area is 126 Å². The van der Waals surface area contributed by atoms with E-state index in [4.69, 9.17) is 0 Å². The van der Waals surface area contributed by atoms with Gasteiger partial charge >= 0.3 is 0 Å². The normalized spacial score (nSPS) is 17.5. The van der Waals surface area contributed by atoms with Gasteiger partial charge in [-0.25, -0.2) is 14.6 Å². The lowest BCUT2D eigenvalue weighted by Gasteiger charge is -2.23. The highest BCUT2D eigenvalue weighted by atomic mass is 32.1. The van der Waals surface area contributed by atoms with Gasteiger partial charge in [0.15, 0.2) is 5.13 Å². The van der Waals surface area contributed by atoms with Gasteiger partial charge in [0.1, 0.15) is 12.2 Å². The molecule has 1 aliphatic heterocycles. The van der Waals surface area contributed by atoms with Crippen molar-refractivity contribution in [1.29, 1.82) is 0 Å². The highest BCUT2D eigenvalue weighted by Crippen LogP contribution is 2.20. The number of anilines is 1. The van der Waals surface area contributed by atoms with Gasteiger partial charge in [0, 0.05) is 17.3 Å². The topological polar surface area (TPSA) is 84.7 Å². The lowest BCUT2D eigenvalue weighted by Crippen LogP contribution is -2.41. The number of aryl methyl sites for hydroxylation is 3. The molecule has 0 saturated carbocycles. The standard InChI is InChI=1S/C13H18N6OS/c1-8-9(2)21-13(17-8)18-12(20)5-14-10-3-4-11-15-7-16-19(11)6-10/h7,10,14H,3-6H2,1-2H3,(H,17,18,20)/t10-/m0/s1. The summed E-state index contributed by atoms with van der Waals surface area (Å²) in [5.41, 5.74) is 0.967. The number of carbonyl (C=O) groups excluding carboxylic acids is 1. The number of hydrogen-bond donors (Lipinski definition) is 2. The molecule has 0 saturated heterocycles. The molecule has 3 heterocycles. The van der Waals surface area contributed by atoms with Crippen LogP contribution in [0.25, 0.3) is 0 Å². The van der Waals surface area contributed by atoms with E-state index in [1.165, 1.54) is 11.3 Å². The van der Waals surface area contributed by atoms with E-state index < -0.39 is 0 Å². The van der Waals surface area contributed by atoms with Crippen LogP contribution in [-0.4, -0.2) is 38.2 Å². The van der Waals surface area contributed by atoms with Gasteiger partial charge in [0.05, 0.1) is 18.8 Å². The van der Waals surface area contributed by atoms with Crippen molar-refractivity contribution < 1.29 is 4.79 Å². The Hall–Kier alpha value is -1.80. The largest absolute Gasteiger partial charge is 0.304 e. The molecular formula is C13H18N6OS. The fourth-order valence-corrected chi connectivity index (χ4v) is 3.16. The molecule has 0 bridgehead atoms. The quantitative estimate of drug-likeness (QED) is 0.876. The van der Waals surface area contributed by atoms with E-state index in [-0.39, 0.29) is 18.5 Å². The Morgan fingerprint density at radius 1 is 1.52 bits per heavy atom.